The Bertz CT molecular complexity index is 495. The number of halogens is 2. The van der Waals surface area contributed by atoms with Gasteiger partial charge in [-0.3, -0.25) is 0 Å². The molecule has 1 nitrogen and oxygen atoms in total. The van der Waals surface area contributed by atoms with Crippen LogP contribution in [0.1, 0.15) is 29.8 Å². The minimum Gasteiger partial charge on any atom is -0.306 e. The molecule has 96 valence electrons. The molecule has 0 amide bonds. The van der Waals surface area contributed by atoms with Crippen molar-refractivity contribution in [3.05, 3.63) is 55.6 Å². The highest BCUT2D eigenvalue weighted by Gasteiger charge is 2.15. The Hall–Kier alpha value is -0.350. The smallest absolute Gasteiger partial charge is 0.0671 e. The zero-order chi connectivity index (χ0) is 13.0. The van der Waals surface area contributed by atoms with Crippen LogP contribution in [0, 0.1) is 0 Å². The van der Waals surface area contributed by atoms with E-state index in [4.69, 9.17) is 11.6 Å². The van der Waals surface area contributed by atoms with Gasteiger partial charge in [0.2, 0.25) is 0 Å². The standard InChI is InChI=1S/C14H15BrClNS/c1-2-7-17-14(13-8-11(15)9-18-13)10-3-5-12(16)6-4-10/h3-6,8-9,14,17H,2,7H2,1H3. The summed E-state index contributed by atoms with van der Waals surface area (Å²) < 4.78 is 1.14. The Balaban J connectivity index is 2.27. The van der Waals surface area contributed by atoms with E-state index >= 15 is 0 Å². The third kappa shape index (κ3) is 3.58. The van der Waals surface area contributed by atoms with E-state index in [0.29, 0.717) is 0 Å². The van der Waals surface area contributed by atoms with Crippen molar-refractivity contribution in [3.8, 4) is 0 Å². The lowest BCUT2D eigenvalue weighted by Crippen LogP contribution is -2.22. The largest absolute Gasteiger partial charge is 0.306 e. The number of nitrogens with one attached hydrogen (secondary N) is 1. The summed E-state index contributed by atoms with van der Waals surface area (Å²) in [5.74, 6) is 0. The maximum atomic E-state index is 5.95. The molecule has 0 fully saturated rings. The van der Waals surface area contributed by atoms with E-state index in [9.17, 15) is 0 Å². The second-order valence-electron chi connectivity index (χ2n) is 4.11. The zero-order valence-corrected chi connectivity index (χ0v) is 13.3. The van der Waals surface area contributed by atoms with Crippen LogP contribution in [0.4, 0.5) is 0 Å². The third-order valence-electron chi connectivity index (χ3n) is 2.67. The first kappa shape index (κ1) is 14.1. The van der Waals surface area contributed by atoms with Crippen molar-refractivity contribution in [1.82, 2.24) is 5.32 Å². The maximum absolute atomic E-state index is 5.95. The number of hydrogen-bond acceptors (Lipinski definition) is 2. The van der Waals surface area contributed by atoms with Crippen molar-refractivity contribution < 1.29 is 0 Å². The lowest BCUT2D eigenvalue weighted by atomic mass is 10.1. The summed E-state index contributed by atoms with van der Waals surface area (Å²) in [6.45, 7) is 3.18. The Labute approximate surface area is 125 Å². The molecule has 0 spiro atoms. The summed E-state index contributed by atoms with van der Waals surface area (Å²) >= 11 is 11.2. The van der Waals surface area contributed by atoms with Crippen LogP contribution in [0.5, 0.6) is 0 Å². The van der Waals surface area contributed by atoms with Crippen LogP contribution < -0.4 is 5.32 Å². The molecule has 0 aliphatic heterocycles. The van der Waals surface area contributed by atoms with E-state index < -0.39 is 0 Å². The minimum atomic E-state index is 0.249. The molecule has 0 saturated carbocycles. The molecule has 1 heterocycles. The highest BCUT2D eigenvalue weighted by molar-refractivity contribution is 9.10. The molecule has 1 aromatic carbocycles. The minimum absolute atomic E-state index is 0.249. The highest BCUT2D eigenvalue weighted by atomic mass is 79.9. The van der Waals surface area contributed by atoms with Gasteiger partial charge in [0.05, 0.1) is 6.04 Å². The van der Waals surface area contributed by atoms with Gasteiger partial charge in [0, 0.05) is 19.8 Å². The predicted molar refractivity (Wildman–Crippen MR) is 83.6 cm³/mol. The summed E-state index contributed by atoms with van der Waals surface area (Å²) in [6, 6.07) is 10.5. The van der Waals surface area contributed by atoms with Crippen LogP contribution in [0.25, 0.3) is 0 Å². The quantitative estimate of drug-likeness (QED) is 0.781. The Morgan fingerprint density at radius 3 is 2.61 bits per heavy atom. The number of rotatable bonds is 5. The molecule has 0 saturated heterocycles. The fraction of sp³-hybridized carbons (Fsp3) is 0.286. The fourth-order valence-corrected chi connectivity index (χ4v) is 3.48. The second kappa shape index (κ2) is 6.71. The molecular weight excluding hydrogens is 330 g/mol. The topological polar surface area (TPSA) is 12.0 Å². The zero-order valence-electron chi connectivity index (χ0n) is 10.1. The summed E-state index contributed by atoms with van der Waals surface area (Å²) in [6.07, 6.45) is 1.12. The van der Waals surface area contributed by atoms with E-state index in [1.165, 1.54) is 10.4 Å². The van der Waals surface area contributed by atoms with Crippen molar-refractivity contribution in [2.45, 2.75) is 19.4 Å². The lowest BCUT2D eigenvalue weighted by Gasteiger charge is -2.17. The van der Waals surface area contributed by atoms with Gasteiger partial charge >= 0.3 is 0 Å². The second-order valence-corrected chi connectivity index (χ2v) is 6.40. The summed E-state index contributed by atoms with van der Waals surface area (Å²) in [5.41, 5.74) is 1.25. The van der Waals surface area contributed by atoms with Crippen LogP contribution in [0.15, 0.2) is 40.2 Å². The normalized spacial score (nSPS) is 12.6. The van der Waals surface area contributed by atoms with Crippen molar-refractivity contribution in [1.29, 1.82) is 0 Å². The molecule has 2 rings (SSSR count). The van der Waals surface area contributed by atoms with Gasteiger partial charge in [-0.1, -0.05) is 30.7 Å². The molecular formula is C14H15BrClNS. The van der Waals surface area contributed by atoms with Crippen molar-refractivity contribution >= 4 is 38.9 Å². The summed E-state index contributed by atoms with van der Waals surface area (Å²) in [7, 11) is 0. The predicted octanol–water partition coefficient (Wildman–Crippen LogP) is 5.25. The molecule has 1 N–H and O–H groups in total. The third-order valence-corrected chi connectivity index (χ3v) is 4.68. The van der Waals surface area contributed by atoms with Gasteiger partial charge in [-0.2, -0.15) is 0 Å². The molecule has 1 unspecified atom stereocenters. The number of benzene rings is 1. The van der Waals surface area contributed by atoms with Crippen molar-refractivity contribution in [2.75, 3.05) is 6.54 Å². The van der Waals surface area contributed by atoms with Crippen molar-refractivity contribution in [3.63, 3.8) is 0 Å². The van der Waals surface area contributed by atoms with Gasteiger partial charge in [-0.05, 0) is 52.7 Å². The lowest BCUT2D eigenvalue weighted by molar-refractivity contribution is 0.606. The summed E-state index contributed by atoms with van der Waals surface area (Å²) in [4.78, 5) is 1.32. The van der Waals surface area contributed by atoms with Gasteiger partial charge in [-0.25, -0.2) is 0 Å². The fourth-order valence-electron chi connectivity index (χ4n) is 1.81. The van der Waals surface area contributed by atoms with Gasteiger partial charge in [-0.15, -0.1) is 11.3 Å². The monoisotopic (exact) mass is 343 g/mol. The molecule has 18 heavy (non-hydrogen) atoms. The van der Waals surface area contributed by atoms with Crippen LogP contribution in [0.3, 0.4) is 0 Å². The number of hydrogen-bond donors (Lipinski definition) is 1. The summed E-state index contributed by atoms with van der Waals surface area (Å²) in [5, 5.41) is 6.48. The molecule has 0 radical (unpaired) electrons. The average Bonchev–Trinajstić information content (AvgIpc) is 2.78. The van der Waals surface area contributed by atoms with Crippen LogP contribution in [-0.2, 0) is 0 Å². The van der Waals surface area contributed by atoms with Crippen LogP contribution in [0.2, 0.25) is 5.02 Å². The molecule has 0 aliphatic carbocycles. The highest BCUT2D eigenvalue weighted by Crippen LogP contribution is 2.30. The maximum Gasteiger partial charge on any atom is 0.0671 e. The first-order chi connectivity index (χ1) is 8.70. The SMILES string of the molecule is CCCNC(c1ccc(Cl)cc1)c1cc(Br)cs1. The molecule has 0 aliphatic rings. The van der Waals surface area contributed by atoms with E-state index in [2.05, 4.69) is 51.7 Å². The van der Waals surface area contributed by atoms with Crippen LogP contribution >= 0.6 is 38.9 Å². The average molecular weight is 345 g/mol. The van der Waals surface area contributed by atoms with Gasteiger partial charge < -0.3 is 5.32 Å². The molecule has 1 atom stereocenters. The molecule has 2 aromatic rings. The first-order valence-corrected chi connectivity index (χ1v) is 7.98. The molecule has 4 heteroatoms. The van der Waals surface area contributed by atoms with Gasteiger partial charge in [0.1, 0.15) is 0 Å². The first-order valence-electron chi connectivity index (χ1n) is 5.93. The van der Waals surface area contributed by atoms with E-state index in [1.807, 2.05) is 12.1 Å². The van der Waals surface area contributed by atoms with Crippen molar-refractivity contribution in [2.24, 2.45) is 0 Å². The van der Waals surface area contributed by atoms with E-state index in [-0.39, 0.29) is 6.04 Å². The Morgan fingerprint density at radius 1 is 1.33 bits per heavy atom. The van der Waals surface area contributed by atoms with Gasteiger partial charge in [0.15, 0.2) is 0 Å². The van der Waals surface area contributed by atoms with E-state index in [1.54, 1.807) is 11.3 Å². The molecule has 1 aromatic heterocycles. The Morgan fingerprint density at radius 2 is 2.06 bits per heavy atom. The number of thiophene rings is 1. The van der Waals surface area contributed by atoms with E-state index in [0.717, 1.165) is 22.5 Å². The van der Waals surface area contributed by atoms with Gasteiger partial charge in [0.25, 0.3) is 0 Å². The Kier molecular flexibility index (Phi) is 5.25. The van der Waals surface area contributed by atoms with Crippen LogP contribution in [-0.4, -0.2) is 6.54 Å². The molecule has 0 bridgehead atoms.